The number of likely N-dealkylation sites (tertiary alicyclic amines) is 1. The number of carbonyl (C=O) groups is 2. The van der Waals surface area contributed by atoms with Crippen molar-refractivity contribution in [1.82, 2.24) is 9.80 Å². The maximum atomic E-state index is 13.5. The van der Waals surface area contributed by atoms with Gasteiger partial charge in [-0.15, -0.1) is 0 Å². The summed E-state index contributed by atoms with van der Waals surface area (Å²) in [5.74, 6) is 0.0883. The fraction of sp³-hybridized carbons (Fsp3) is 0.438. The SMILES string of the molecule is C=CCOc1ccc(C2/C(=C(\O)c3ccc(OCCCC)c(C)c3)C(=O)C(=O)N2CCN2CCOCC2)cc1OC. The van der Waals surface area contributed by atoms with Gasteiger partial charge >= 0.3 is 0 Å². The number of aliphatic hydroxyl groups excluding tert-OH is 1. The van der Waals surface area contributed by atoms with Gasteiger partial charge in [-0.05, 0) is 54.8 Å². The van der Waals surface area contributed by atoms with Crippen LogP contribution in [0.1, 0.15) is 42.5 Å². The number of ether oxygens (including phenoxy) is 4. The van der Waals surface area contributed by atoms with E-state index in [1.165, 1.54) is 12.0 Å². The number of benzene rings is 2. The number of morpholine rings is 1. The molecule has 2 aromatic rings. The first kappa shape index (κ1) is 30.1. The fourth-order valence-electron chi connectivity index (χ4n) is 5.09. The Kier molecular flexibility index (Phi) is 10.4. The lowest BCUT2D eigenvalue weighted by molar-refractivity contribution is -0.140. The average Bonchev–Trinajstić information content (AvgIpc) is 3.24. The van der Waals surface area contributed by atoms with E-state index in [-0.39, 0.29) is 11.3 Å². The van der Waals surface area contributed by atoms with Crippen LogP contribution in [0, 0.1) is 6.92 Å². The van der Waals surface area contributed by atoms with E-state index in [0.717, 1.165) is 37.2 Å². The molecule has 2 aromatic carbocycles. The number of hydrogen-bond acceptors (Lipinski definition) is 8. The van der Waals surface area contributed by atoms with Gasteiger partial charge in [0.2, 0.25) is 0 Å². The monoisotopic (exact) mass is 564 g/mol. The molecule has 1 N–H and O–H groups in total. The quantitative estimate of drug-likeness (QED) is 0.125. The van der Waals surface area contributed by atoms with Gasteiger partial charge in [0.25, 0.3) is 11.7 Å². The van der Waals surface area contributed by atoms with E-state index >= 15 is 0 Å². The summed E-state index contributed by atoms with van der Waals surface area (Å²) < 4.78 is 22.6. The van der Waals surface area contributed by atoms with Crippen molar-refractivity contribution in [3.63, 3.8) is 0 Å². The number of aryl methyl sites for hydroxylation is 1. The molecule has 1 amide bonds. The largest absolute Gasteiger partial charge is 0.507 e. The van der Waals surface area contributed by atoms with Crippen LogP contribution in [-0.4, -0.2) is 86.3 Å². The summed E-state index contributed by atoms with van der Waals surface area (Å²) in [6.45, 7) is 12.2. The van der Waals surface area contributed by atoms with Crippen LogP contribution in [0.4, 0.5) is 0 Å². The Bertz CT molecular complexity index is 1280. The molecule has 2 heterocycles. The highest BCUT2D eigenvalue weighted by Gasteiger charge is 2.46. The second-order valence-electron chi connectivity index (χ2n) is 10.1. The first-order valence-electron chi connectivity index (χ1n) is 14.1. The number of Topliss-reactive ketones (excluding diaryl/α,β-unsaturated/α-hetero) is 1. The molecule has 1 unspecified atom stereocenters. The minimum Gasteiger partial charge on any atom is -0.507 e. The highest BCUT2D eigenvalue weighted by Crippen LogP contribution is 2.42. The first-order valence-corrected chi connectivity index (χ1v) is 14.1. The zero-order valence-corrected chi connectivity index (χ0v) is 24.2. The maximum Gasteiger partial charge on any atom is 0.295 e. The van der Waals surface area contributed by atoms with Crippen LogP contribution in [0.3, 0.4) is 0 Å². The Balaban J connectivity index is 1.74. The van der Waals surface area contributed by atoms with Crippen molar-refractivity contribution in [3.8, 4) is 17.2 Å². The van der Waals surface area contributed by atoms with Crippen molar-refractivity contribution in [2.24, 2.45) is 0 Å². The van der Waals surface area contributed by atoms with Gasteiger partial charge in [-0.1, -0.05) is 32.1 Å². The van der Waals surface area contributed by atoms with Crippen molar-refractivity contribution in [2.75, 3.05) is 59.7 Å². The molecule has 0 aliphatic carbocycles. The molecule has 2 saturated heterocycles. The molecule has 2 aliphatic heterocycles. The number of amides is 1. The summed E-state index contributed by atoms with van der Waals surface area (Å²) in [5, 5.41) is 11.5. The lowest BCUT2D eigenvalue weighted by Gasteiger charge is -2.31. The molecule has 1 atom stereocenters. The van der Waals surface area contributed by atoms with E-state index < -0.39 is 17.7 Å². The number of unbranched alkanes of at least 4 members (excludes halogenated alkanes) is 1. The van der Waals surface area contributed by atoms with Crippen LogP contribution in [0.5, 0.6) is 17.2 Å². The number of nitrogens with zero attached hydrogens (tertiary/aromatic N) is 2. The summed E-state index contributed by atoms with van der Waals surface area (Å²) in [6.07, 6.45) is 3.60. The topological polar surface area (TPSA) is 97.8 Å². The Morgan fingerprint density at radius 2 is 1.83 bits per heavy atom. The van der Waals surface area contributed by atoms with E-state index in [2.05, 4.69) is 18.4 Å². The molecular formula is C32H40N2O7. The Morgan fingerprint density at radius 3 is 2.51 bits per heavy atom. The second-order valence-corrected chi connectivity index (χ2v) is 10.1. The number of carbonyl (C=O) groups excluding carboxylic acids is 2. The molecule has 220 valence electrons. The molecule has 41 heavy (non-hydrogen) atoms. The van der Waals surface area contributed by atoms with Crippen LogP contribution in [-0.2, 0) is 14.3 Å². The van der Waals surface area contributed by atoms with E-state index in [9.17, 15) is 14.7 Å². The number of ketones is 1. The van der Waals surface area contributed by atoms with Gasteiger partial charge in [-0.2, -0.15) is 0 Å². The minimum atomic E-state index is -0.806. The lowest BCUT2D eigenvalue weighted by atomic mass is 9.94. The summed E-state index contributed by atoms with van der Waals surface area (Å²) in [4.78, 5) is 30.7. The van der Waals surface area contributed by atoms with Gasteiger partial charge in [-0.3, -0.25) is 14.5 Å². The summed E-state index contributed by atoms with van der Waals surface area (Å²) >= 11 is 0. The van der Waals surface area contributed by atoms with Crippen LogP contribution in [0.15, 0.2) is 54.6 Å². The number of aliphatic hydroxyl groups is 1. The Labute approximate surface area is 241 Å². The maximum absolute atomic E-state index is 13.5. The van der Waals surface area contributed by atoms with Crippen molar-refractivity contribution in [1.29, 1.82) is 0 Å². The van der Waals surface area contributed by atoms with E-state index in [1.807, 2.05) is 6.92 Å². The second kappa shape index (κ2) is 14.2. The third-order valence-corrected chi connectivity index (χ3v) is 7.36. The molecule has 0 aromatic heterocycles. The van der Waals surface area contributed by atoms with Crippen molar-refractivity contribution in [3.05, 3.63) is 71.3 Å². The van der Waals surface area contributed by atoms with Crippen LogP contribution < -0.4 is 14.2 Å². The highest BCUT2D eigenvalue weighted by molar-refractivity contribution is 6.46. The van der Waals surface area contributed by atoms with Crippen molar-refractivity contribution < 1.29 is 33.6 Å². The van der Waals surface area contributed by atoms with Gasteiger partial charge < -0.3 is 29.0 Å². The normalized spacial score (nSPS) is 18.9. The van der Waals surface area contributed by atoms with Crippen LogP contribution in [0.2, 0.25) is 0 Å². The smallest absolute Gasteiger partial charge is 0.295 e. The molecule has 2 aliphatic rings. The van der Waals surface area contributed by atoms with E-state index in [0.29, 0.717) is 62.1 Å². The van der Waals surface area contributed by atoms with E-state index in [1.54, 1.807) is 42.5 Å². The van der Waals surface area contributed by atoms with Gasteiger partial charge in [0, 0.05) is 31.7 Å². The fourth-order valence-corrected chi connectivity index (χ4v) is 5.09. The Morgan fingerprint density at radius 1 is 1.07 bits per heavy atom. The summed E-state index contributed by atoms with van der Waals surface area (Å²) in [5.41, 5.74) is 1.94. The summed E-state index contributed by atoms with van der Waals surface area (Å²) in [7, 11) is 1.53. The average molecular weight is 565 g/mol. The molecule has 9 heteroatoms. The van der Waals surface area contributed by atoms with Crippen LogP contribution in [0.25, 0.3) is 5.76 Å². The predicted octanol–water partition coefficient (Wildman–Crippen LogP) is 4.50. The molecule has 4 rings (SSSR count). The van der Waals surface area contributed by atoms with Gasteiger partial charge in [0.15, 0.2) is 11.5 Å². The molecule has 0 spiro atoms. The van der Waals surface area contributed by atoms with Crippen molar-refractivity contribution >= 4 is 17.4 Å². The zero-order chi connectivity index (χ0) is 29.4. The molecule has 0 saturated carbocycles. The third kappa shape index (κ3) is 6.92. The van der Waals surface area contributed by atoms with Gasteiger partial charge in [0.05, 0.1) is 38.5 Å². The van der Waals surface area contributed by atoms with E-state index in [4.69, 9.17) is 18.9 Å². The third-order valence-electron chi connectivity index (χ3n) is 7.36. The molecular weight excluding hydrogens is 524 g/mol. The first-order chi connectivity index (χ1) is 19.9. The van der Waals surface area contributed by atoms with Crippen LogP contribution >= 0.6 is 0 Å². The predicted molar refractivity (Wildman–Crippen MR) is 157 cm³/mol. The zero-order valence-electron chi connectivity index (χ0n) is 24.2. The molecule has 9 nitrogen and oxygen atoms in total. The van der Waals surface area contributed by atoms with Gasteiger partial charge in [-0.25, -0.2) is 0 Å². The number of methoxy groups -OCH3 is 1. The lowest BCUT2D eigenvalue weighted by Crippen LogP contribution is -2.42. The van der Waals surface area contributed by atoms with Crippen molar-refractivity contribution in [2.45, 2.75) is 32.7 Å². The van der Waals surface area contributed by atoms with Gasteiger partial charge in [0.1, 0.15) is 18.1 Å². The number of hydrogen-bond donors (Lipinski definition) is 1. The Hall–Kier alpha value is -3.82. The minimum absolute atomic E-state index is 0.0397. The highest BCUT2D eigenvalue weighted by atomic mass is 16.5. The summed E-state index contributed by atoms with van der Waals surface area (Å²) in [6, 6.07) is 9.77. The molecule has 0 radical (unpaired) electrons. The number of rotatable bonds is 13. The standard InChI is InChI=1S/C32H40N2O7/c1-5-7-17-41-25-10-9-24(20-22(25)3)30(35)28-29(23-8-11-26(40-16-6-2)27(21-23)38-4)34(32(37)31(28)36)13-12-33-14-18-39-19-15-33/h6,8-11,20-21,29,35H,2,5,7,12-19H2,1,3-4H3/b30-28+. The molecule has 0 bridgehead atoms. The molecule has 2 fully saturated rings.